The highest BCUT2D eigenvalue weighted by molar-refractivity contribution is 5.94. The molecule has 0 aliphatic carbocycles. The predicted octanol–water partition coefficient (Wildman–Crippen LogP) is 5.20. The van der Waals surface area contributed by atoms with Crippen LogP contribution < -0.4 is 11.1 Å². The molecule has 0 saturated heterocycles. The third-order valence-corrected chi connectivity index (χ3v) is 7.37. The average molecular weight is 487 g/mol. The summed E-state index contributed by atoms with van der Waals surface area (Å²) in [6, 6.07) is 24.1. The fourth-order valence-electron chi connectivity index (χ4n) is 5.56. The fourth-order valence-corrected chi connectivity index (χ4v) is 5.56. The lowest BCUT2D eigenvalue weighted by molar-refractivity contribution is 0.0857. The molecule has 3 N–H and O–H groups in total. The van der Waals surface area contributed by atoms with E-state index in [4.69, 9.17) is 10.5 Å². The van der Waals surface area contributed by atoms with Crippen LogP contribution in [0.5, 0.6) is 0 Å². The summed E-state index contributed by atoms with van der Waals surface area (Å²) in [6.45, 7) is 4.27. The normalized spacial score (nSPS) is 16.7. The molecule has 2 aliphatic rings. The molecule has 1 aromatic heterocycles. The van der Waals surface area contributed by atoms with Crippen molar-refractivity contribution in [2.24, 2.45) is 0 Å². The molecule has 6 heteroatoms. The number of nitrogen functional groups attached to an aromatic ring is 1. The summed E-state index contributed by atoms with van der Waals surface area (Å²) in [5.74, 6) is 0.357. The van der Waals surface area contributed by atoms with Crippen LogP contribution >= 0.6 is 0 Å². The molecule has 0 fully saturated rings. The minimum absolute atomic E-state index is 0.122. The Morgan fingerprint density at radius 2 is 1.70 bits per heavy atom. The van der Waals surface area contributed by atoms with Crippen LogP contribution in [0, 0.1) is 25.2 Å². The van der Waals surface area contributed by atoms with Gasteiger partial charge in [0, 0.05) is 17.8 Å². The number of anilines is 1. The lowest BCUT2D eigenvalue weighted by Crippen LogP contribution is -2.24. The van der Waals surface area contributed by atoms with Crippen molar-refractivity contribution in [2.45, 2.75) is 39.0 Å². The standard InChI is InChI=1S/C31H26N4O2/c1-17-10-28(33)35-18(2)27(17)16-34-31(36)22-7-9-24-26(14-22)30-23-8-6-20(13-25(23)29(24)37-30)11-19-4-3-5-21(12-19)15-32/h3-10,12-14,29-30H,11,16H2,1-2H3,(H2,33,35)(H,34,36). The first-order chi connectivity index (χ1) is 17.9. The van der Waals surface area contributed by atoms with Gasteiger partial charge in [0.25, 0.3) is 5.91 Å². The van der Waals surface area contributed by atoms with Gasteiger partial charge in [0.05, 0.1) is 11.6 Å². The van der Waals surface area contributed by atoms with E-state index in [1.165, 1.54) is 11.1 Å². The van der Waals surface area contributed by atoms with Gasteiger partial charge in [0.15, 0.2) is 0 Å². The van der Waals surface area contributed by atoms with Gasteiger partial charge in [-0.3, -0.25) is 4.79 Å². The summed E-state index contributed by atoms with van der Waals surface area (Å²) < 4.78 is 6.37. The molecule has 182 valence electrons. The highest BCUT2D eigenvalue weighted by Gasteiger charge is 2.42. The van der Waals surface area contributed by atoms with Crippen LogP contribution in [0.15, 0.2) is 66.7 Å². The number of nitrogens with one attached hydrogen (secondary N) is 1. The maximum absolute atomic E-state index is 13.0. The number of ether oxygens (including phenoxy) is 1. The van der Waals surface area contributed by atoms with Crippen molar-refractivity contribution in [2.75, 3.05) is 5.73 Å². The molecule has 37 heavy (non-hydrogen) atoms. The maximum atomic E-state index is 13.0. The number of amides is 1. The Bertz CT molecular complexity index is 1600. The SMILES string of the molecule is Cc1cc(N)nc(C)c1CNC(=O)c1ccc2c(c1)C1OC2c2cc(Cc3cccc(C#N)c3)ccc21. The molecule has 4 aromatic rings. The van der Waals surface area contributed by atoms with Gasteiger partial charge in [-0.25, -0.2) is 4.98 Å². The summed E-state index contributed by atoms with van der Waals surface area (Å²) in [7, 11) is 0. The van der Waals surface area contributed by atoms with Crippen LogP contribution in [0.25, 0.3) is 0 Å². The Kier molecular flexibility index (Phi) is 5.51. The zero-order valence-corrected chi connectivity index (χ0v) is 20.7. The molecule has 6 nitrogen and oxygen atoms in total. The van der Waals surface area contributed by atoms with Crippen LogP contribution in [0.3, 0.4) is 0 Å². The lowest BCUT2D eigenvalue weighted by atomic mass is 9.84. The Balaban J connectivity index is 1.20. The zero-order valence-electron chi connectivity index (χ0n) is 20.7. The van der Waals surface area contributed by atoms with E-state index in [0.717, 1.165) is 45.5 Å². The van der Waals surface area contributed by atoms with Gasteiger partial charge in [-0.05, 0) is 95.1 Å². The quantitative estimate of drug-likeness (QED) is 0.404. The van der Waals surface area contributed by atoms with Crippen molar-refractivity contribution in [1.29, 1.82) is 5.26 Å². The van der Waals surface area contributed by atoms with Crippen LogP contribution in [-0.4, -0.2) is 10.9 Å². The monoisotopic (exact) mass is 486 g/mol. The van der Waals surface area contributed by atoms with Crippen molar-refractivity contribution in [3.8, 4) is 6.07 Å². The van der Waals surface area contributed by atoms with E-state index in [1.807, 2.05) is 62.4 Å². The number of nitriles is 1. The molecule has 2 unspecified atom stereocenters. The average Bonchev–Trinajstić information content (AvgIpc) is 3.45. The van der Waals surface area contributed by atoms with E-state index >= 15 is 0 Å². The first kappa shape index (κ1) is 23.0. The Morgan fingerprint density at radius 1 is 0.973 bits per heavy atom. The number of carbonyl (C=O) groups is 1. The van der Waals surface area contributed by atoms with E-state index < -0.39 is 0 Å². The Hall–Kier alpha value is -4.47. The first-order valence-corrected chi connectivity index (χ1v) is 12.3. The first-order valence-electron chi connectivity index (χ1n) is 12.3. The van der Waals surface area contributed by atoms with Crippen LogP contribution in [0.4, 0.5) is 5.82 Å². The molecule has 2 aliphatic heterocycles. The van der Waals surface area contributed by atoms with Crippen LogP contribution in [0.2, 0.25) is 0 Å². The Labute approximate surface area is 215 Å². The van der Waals surface area contributed by atoms with Crippen molar-refractivity contribution >= 4 is 11.7 Å². The second-order valence-electron chi connectivity index (χ2n) is 9.80. The number of nitrogens with two attached hydrogens (primary N) is 1. The van der Waals surface area contributed by atoms with Gasteiger partial charge in [-0.15, -0.1) is 0 Å². The smallest absolute Gasteiger partial charge is 0.251 e. The molecule has 2 atom stereocenters. The number of pyridine rings is 1. The number of carbonyl (C=O) groups excluding carboxylic acids is 1. The number of hydrogen-bond donors (Lipinski definition) is 2. The van der Waals surface area contributed by atoms with E-state index in [9.17, 15) is 10.1 Å². The highest BCUT2D eigenvalue weighted by Crippen LogP contribution is 2.54. The Morgan fingerprint density at radius 3 is 2.46 bits per heavy atom. The van der Waals surface area contributed by atoms with Crippen molar-refractivity contribution in [1.82, 2.24) is 10.3 Å². The zero-order chi connectivity index (χ0) is 25.7. The summed E-state index contributed by atoms with van der Waals surface area (Å²) >= 11 is 0. The van der Waals surface area contributed by atoms with Crippen molar-refractivity contribution in [3.63, 3.8) is 0 Å². The maximum Gasteiger partial charge on any atom is 0.251 e. The van der Waals surface area contributed by atoms with Gasteiger partial charge < -0.3 is 15.8 Å². The molecule has 2 bridgehead atoms. The molecule has 3 heterocycles. The lowest BCUT2D eigenvalue weighted by Gasteiger charge is -2.18. The van der Waals surface area contributed by atoms with E-state index in [-0.39, 0.29) is 18.1 Å². The molecule has 0 radical (unpaired) electrons. The number of aryl methyl sites for hydroxylation is 2. The third-order valence-electron chi connectivity index (χ3n) is 7.37. The topological polar surface area (TPSA) is 101 Å². The summed E-state index contributed by atoms with van der Waals surface area (Å²) in [5, 5.41) is 12.2. The van der Waals surface area contributed by atoms with Gasteiger partial charge in [0.2, 0.25) is 0 Å². The number of fused-ring (bicyclic) bond motifs is 8. The molecular formula is C31H26N4O2. The second kappa shape index (κ2) is 8.88. The van der Waals surface area contributed by atoms with Gasteiger partial charge in [-0.1, -0.05) is 36.4 Å². The third kappa shape index (κ3) is 4.04. The van der Waals surface area contributed by atoms with Gasteiger partial charge in [-0.2, -0.15) is 5.26 Å². The predicted molar refractivity (Wildman–Crippen MR) is 141 cm³/mol. The summed E-state index contributed by atoms with van der Waals surface area (Å²) in [4.78, 5) is 17.3. The van der Waals surface area contributed by atoms with Crippen molar-refractivity contribution < 1.29 is 9.53 Å². The number of nitrogens with zero attached hydrogens (tertiary/aromatic N) is 2. The van der Waals surface area contributed by atoms with E-state index in [0.29, 0.717) is 23.5 Å². The summed E-state index contributed by atoms with van der Waals surface area (Å²) in [6.07, 6.45) is 0.474. The van der Waals surface area contributed by atoms with Crippen molar-refractivity contribution in [3.05, 3.63) is 128 Å². The number of rotatable bonds is 5. The molecule has 3 aromatic carbocycles. The molecular weight excluding hydrogens is 460 g/mol. The van der Waals surface area contributed by atoms with Gasteiger partial charge >= 0.3 is 0 Å². The highest BCUT2D eigenvalue weighted by atomic mass is 16.5. The van der Waals surface area contributed by atoms with Crippen LogP contribution in [0.1, 0.15) is 78.3 Å². The molecule has 0 spiro atoms. The minimum Gasteiger partial charge on any atom is -0.384 e. The number of hydrogen-bond acceptors (Lipinski definition) is 5. The largest absolute Gasteiger partial charge is 0.384 e. The van der Waals surface area contributed by atoms with Gasteiger partial charge in [0.1, 0.15) is 18.0 Å². The molecule has 1 amide bonds. The fraction of sp³-hybridized carbons (Fsp3) is 0.194. The molecule has 6 rings (SSSR count). The second-order valence-corrected chi connectivity index (χ2v) is 9.80. The number of aromatic nitrogens is 1. The van der Waals surface area contributed by atoms with E-state index in [1.54, 1.807) is 0 Å². The minimum atomic E-state index is -0.162. The molecule has 0 saturated carbocycles. The number of benzene rings is 3. The summed E-state index contributed by atoms with van der Waals surface area (Å²) in [5.41, 5.74) is 16.7. The van der Waals surface area contributed by atoms with Crippen LogP contribution in [-0.2, 0) is 17.7 Å². The van der Waals surface area contributed by atoms with E-state index in [2.05, 4.69) is 34.6 Å².